The van der Waals surface area contributed by atoms with Gasteiger partial charge in [-0.25, -0.2) is 0 Å². The molecular weight excluding hydrogens is 262 g/mol. The molecule has 0 aliphatic carbocycles. The Hall–Kier alpha value is -1.92. The fourth-order valence-electron chi connectivity index (χ4n) is 2.36. The third-order valence-electron chi connectivity index (χ3n) is 3.25. The summed E-state index contributed by atoms with van der Waals surface area (Å²) in [5.41, 5.74) is 0. The first-order valence-electron chi connectivity index (χ1n) is 6.87. The average Bonchev–Trinajstić information content (AvgIpc) is 3.04. The van der Waals surface area contributed by atoms with E-state index in [1.807, 2.05) is 0 Å². The van der Waals surface area contributed by atoms with E-state index in [-0.39, 0.29) is 30.8 Å². The quantitative estimate of drug-likeness (QED) is 0.758. The molecule has 0 saturated carbocycles. The Balaban J connectivity index is 1.93. The lowest BCUT2D eigenvalue weighted by molar-refractivity contribution is -0.146. The summed E-state index contributed by atoms with van der Waals surface area (Å²) in [6.45, 7) is 4.48. The predicted octanol–water partition coefficient (Wildman–Crippen LogP) is 1.38. The van der Waals surface area contributed by atoms with Gasteiger partial charge in [0, 0.05) is 13.0 Å². The SMILES string of the molecule is CCOC(=O)CCC(=O)N1CCCC1c1nc(C)no1. The maximum Gasteiger partial charge on any atom is 0.306 e. The van der Waals surface area contributed by atoms with Gasteiger partial charge in [0.1, 0.15) is 6.04 Å². The van der Waals surface area contributed by atoms with Gasteiger partial charge in [0.2, 0.25) is 11.8 Å². The van der Waals surface area contributed by atoms with Crippen LogP contribution in [0.2, 0.25) is 0 Å². The predicted molar refractivity (Wildman–Crippen MR) is 68.6 cm³/mol. The van der Waals surface area contributed by atoms with Crippen LogP contribution in [-0.2, 0) is 14.3 Å². The summed E-state index contributed by atoms with van der Waals surface area (Å²) in [6, 6.07) is -0.161. The fourth-order valence-corrected chi connectivity index (χ4v) is 2.36. The smallest absolute Gasteiger partial charge is 0.306 e. The van der Waals surface area contributed by atoms with E-state index >= 15 is 0 Å². The van der Waals surface area contributed by atoms with E-state index in [2.05, 4.69) is 10.1 Å². The van der Waals surface area contributed by atoms with Gasteiger partial charge in [-0.15, -0.1) is 0 Å². The van der Waals surface area contributed by atoms with Crippen molar-refractivity contribution in [2.75, 3.05) is 13.2 Å². The van der Waals surface area contributed by atoms with E-state index in [1.54, 1.807) is 18.7 Å². The first-order chi connectivity index (χ1) is 9.61. The lowest BCUT2D eigenvalue weighted by Gasteiger charge is -2.21. The zero-order valence-electron chi connectivity index (χ0n) is 11.8. The maximum absolute atomic E-state index is 12.2. The van der Waals surface area contributed by atoms with E-state index < -0.39 is 0 Å². The van der Waals surface area contributed by atoms with Crippen molar-refractivity contribution < 1.29 is 18.8 Å². The van der Waals surface area contributed by atoms with Crippen molar-refractivity contribution in [3.8, 4) is 0 Å². The van der Waals surface area contributed by atoms with Gasteiger partial charge in [-0.3, -0.25) is 9.59 Å². The molecule has 7 heteroatoms. The second-order valence-corrected chi connectivity index (χ2v) is 4.73. The van der Waals surface area contributed by atoms with Crippen molar-refractivity contribution in [2.24, 2.45) is 0 Å². The molecule has 0 bridgehead atoms. The summed E-state index contributed by atoms with van der Waals surface area (Å²) < 4.78 is 9.97. The van der Waals surface area contributed by atoms with Crippen LogP contribution in [0.15, 0.2) is 4.52 Å². The number of nitrogens with zero attached hydrogens (tertiary/aromatic N) is 3. The highest BCUT2D eigenvalue weighted by Gasteiger charge is 2.33. The van der Waals surface area contributed by atoms with Crippen molar-refractivity contribution in [3.63, 3.8) is 0 Å². The van der Waals surface area contributed by atoms with Crippen LogP contribution in [-0.4, -0.2) is 40.1 Å². The zero-order valence-corrected chi connectivity index (χ0v) is 11.8. The number of amides is 1. The number of aryl methyl sites for hydroxylation is 1. The molecule has 0 spiro atoms. The average molecular weight is 281 g/mol. The monoisotopic (exact) mass is 281 g/mol. The minimum absolute atomic E-state index is 0.0728. The van der Waals surface area contributed by atoms with Gasteiger partial charge in [0.25, 0.3) is 0 Å². The third kappa shape index (κ3) is 3.34. The molecule has 1 unspecified atom stereocenters. The van der Waals surface area contributed by atoms with Crippen LogP contribution in [0.1, 0.15) is 50.4 Å². The molecule has 7 nitrogen and oxygen atoms in total. The van der Waals surface area contributed by atoms with Gasteiger partial charge < -0.3 is 14.2 Å². The number of rotatable bonds is 5. The Labute approximate surface area is 117 Å². The van der Waals surface area contributed by atoms with Gasteiger partial charge >= 0.3 is 5.97 Å². The van der Waals surface area contributed by atoms with E-state index in [9.17, 15) is 9.59 Å². The summed E-state index contributed by atoms with van der Waals surface area (Å²) in [5.74, 6) is 0.622. The van der Waals surface area contributed by atoms with Gasteiger partial charge in [0.05, 0.1) is 13.0 Å². The molecule has 1 aliphatic heterocycles. The van der Waals surface area contributed by atoms with E-state index in [4.69, 9.17) is 9.26 Å². The maximum atomic E-state index is 12.2. The Morgan fingerprint density at radius 3 is 2.90 bits per heavy atom. The fraction of sp³-hybridized carbons (Fsp3) is 0.692. The molecule has 0 aromatic carbocycles. The Morgan fingerprint density at radius 2 is 2.25 bits per heavy atom. The van der Waals surface area contributed by atoms with Gasteiger partial charge in [-0.2, -0.15) is 4.98 Å². The molecule has 1 amide bonds. The van der Waals surface area contributed by atoms with Crippen LogP contribution in [0, 0.1) is 6.92 Å². The second-order valence-electron chi connectivity index (χ2n) is 4.73. The van der Waals surface area contributed by atoms with Crippen molar-refractivity contribution in [3.05, 3.63) is 11.7 Å². The number of carbonyl (C=O) groups is 2. The highest BCUT2D eigenvalue weighted by atomic mass is 16.5. The van der Waals surface area contributed by atoms with Crippen molar-refractivity contribution in [2.45, 2.75) is 45.6 Å². The van der Waals surface area contributed by atoms with Crippen molar-refractivity contribution in [1.82, 2.24) is 15.0 Å². The first kappa shape index (κ1) is 14.5. The molecule has 1 fully saturated rings. The highest BCUT2D eigenvalue weighted by Crippen LogP contribution is 2.31. The van der Waals surface area contributed by atoms with E-state index in [0.29, 0.717) is 24.9 Å². The number of ether oxygens (including phenoxy) is 1. The molecule has 2 rings (SSSR count). The number of likely N-dealkylation sites (tertiary alicyclic amines) is 1. The summed E-state index contributed by atoms with van der Waals surface area (Å²) in [5, 5.41) is 3.76. The Bertz CT molecular complexity index is 486. The molecule has 1 aliphatic rings. The van der Waals surface area contributed by atoms with Crippen LogP contribution in [0.4, 0.5) is 0 Å². The molecule has 0 radical (unpaired) electrons. The van der Waals surface area contributed by atoms with Crippen LogP contribution in [0.5, 0.6) is 0 Å². The number of hydrogen-bond donors (Lipinski definition) is 0. The number of carbonyl (C=O) groups excluding carboxylic acids is 2. The van der Waals surface area contributed by atoms with Crippen molar-refractivity contribution >= 4 is 11.9 Å². The summed E-state index contributed by atoms with van der Waals surface area (Å²) in [7, 11) is 0. The highest BCUT2D eigenvalue weighted by molar-refractivity contribution is 5.81. The lowest BCUT2D eigenvalue weighted by Crippen LogP contribution is -2.31. The van der Waals surface area contributed by atoms with Crippen LogP contribution < -0.4 is 0 Å². The molecule has 20 heavy (non-hydrogen) atoms. The molecule has 1 aromatic rings. The Kier molecular flexibility index (Phi) is 4.70. The minimum Gasteiger partial charge on any atom is -0.466 e. The molecule has 0 N–H and O–H groups in total. The second kappa shape index (κ2) is 6.49. The van der Waals surface area contributed by atoms with Crippen LogP contribution in [0.3, 0.4) is 0 Å². The molecule has 1 aromatic heterocycles. The van der Waals surface area contributed by atoms with Crippen LogP contribution >= 0.6 is 0 Å². The number of hydrogen-bond acceptors (Lipinski definition) is 6. The van der Waals surface area contributed by atoms with Gasteiger partial charge in [-0.05, 0) is 26.7 Å². The first-order valence-corrected chi connectivity index (χ1v) is 6.87. The molecule has 1 saturated heterocycles. The van der Waals surface area contributed by atoms with Gasteiger partial charge in [0.15, 0.2) is 5.82 Å². The van der Waals surface area contributed by atoms with Crippen molar-refractivity contribution in [1.29, 1.82) is 0 Å². The summed E-state index contributed by atoms with van der Waals surface area (Å²) >= 11 is 0. The summed E-state index contributed by atoms with van der Waals surface area (Å²) in [6.07, 6.45) is 1.98. The number of aromatic nitrogens is 2. The Morgan fingerprint density at radius 1 is 1.45 bits per heavy atom. The zero-order chi connectivity index (χ0) is 14.5. The molecular formula is C13H19N3O4. The molecule has 110 valence electrons. The largest absolute Gasteiger partial charge is 0.466 e. The topological polar surface area (TPSA) is 85.5 Å². The third-order valence-corrected chi connectivity index (χ3v) is 3.25. The lowest BCUT2D eigenvalue weighted by atomic mass is 10.2. The number of esters is 1. The normalized spacial score (nSPS) is 18.3. The molecule has 2 heterocycles. The van der Waals surface area contributed by atoms with E-state index in [0.717, 1.165) is 12.8 Å². The molecule has 1 atom stereocenters. The van der Waals surface area contributed by atoms with Gasteiger partial charge in [-0.1, -0.05) is 5.16 Å². The van der Waals surface area contributed by atoms with Crippen LogP contribution in [0.25, 0.3) is 0 Å². The minimum atomic E-state index is -0.342. The van der Waals surface area contributed by atoms with E-state index in [1.165, 1.54) is 0 Å². The summed E-state index contributed by atoms with van der Waals surface area (Å²) in [4.78, 5) is 29.4. The standard InChI is InChI=1S/C13H19N3O4/c1-3-19-12(18)7-6-11(17)16-8-4-5-10(16)13-14-9(2)15-20-13/h10H,3-8H2,1-2H3.